The minimum Gasteiger partial charge on any atom is -0.336 e. The fourth-order valence-electron chi connectivity index (χ4n) is 3.98. The third kappa shape index (κ3) is 3.22. The van der Waals surface area contributed by atoms with Gasteiger partial charge in [0.05, 0.1) is 5.57 Å². The van der Waals surface area contributed by atoms with Crippen LogP contribution in [0.2, 0.25) is 5.02 Å². The first-order valence-electron chi connectivity index (χ1n) is 9.83. The number of hydrogen-bond donors (Lipinski definition) is 0. The van der Waals surface area contributed by atoms with Gasteiger partial charge in [0.2, 0.25) is 0 Å². The molecule has 2 aliphatic heterocycles. The van der Waals surface area contributed by atoms with Crippen molar-refractivity contribution in [2.45, 2.75) is 32.6 Å². The van der Waals surface area contributed by atoms with Gasteiger partial charge in [-0.3, -0.25) is 14.5 Å². The summed E-state index contributed by atoms with van der Waals surface area (Å²) in [6.07, 6.45) is 3.66. The number of rotatable bonds is 5. The molecule has 0 atom stereocenters. The number of benzene rings is 2. The molecule has 2 aromatic carbocycles. The van der Waals surface area contributed by atoms with E-state index >= 15 is 0 Å². The number of aryl methyl sites for hydroxylation is 1. The van der Waals surface area contributed by atoms with E-state index in [9.17, 15) is 9.59 Å². The predicted octanol–water partition coefficient (Wildman–Crippen LogP) is 4.67. The van der Waals surface area contributed by atoms with Crippen LogP contribution in [-0.2, 0) is 16.0 Å². The molecule has 2 aromatic rings. The van der Waals surface area contributed by atoms with E-state index in [0.29, 0.717) is 22.8 Å². The molecular weight excluding hydrogens is 372 g/mol. The summed E-state index contributed by atoms with van der Waals surface area (Å²) in [7, 11) is 0. The van der Waals surface area contributed by atoms with Crippen LogP contribution in [-0.4, -0.2) is 29.8 Å². The normalized spacial score (nSPS) is 16.8. The van der Waals surface area contributed by atoms with E-state index in [-0.39, 0.29) is 11.8 Å². The Labute approximate surface area is 170 Å². The highest BCUT2D eigenvalue weighted by Crippen LogP contribution is 2.38. The molecule has 0 aromatic heterocycles. The smallest absolute Gasteiger partial charge is 0.278 e. The number of carbonyl (C=O) groups excluding carboxylic acids is 2. The van der Waals surface area contributed by atoms with Crippen LogP contribution >= 0.6 is 11.6 Å². The number of para-hydroxylation sites is 1. The molecule has 2 aliphatic rings. The highest BCUT2D eigenvalue weighted by molar-refractivity contribution is 6.37. The Kier molecular flexibility index (Phi) is 5.23. The number of halogens is 1. The number of carbonyl (C=O) groups is 2. The highest BCUT2D eigenvalue weighted by atomic mass is 35.5. The summed E-state index contributed by atoms with van der Waals surface area (Å²) >= 11 is 6.04. The molecule has 2 amide bonds. The van der Waals surface area contributed by atoms with Crippen LogP contribution in [0.5, 0.6) is 0 Å². The van der Waals surface area contributed by atoms with Crippen LogP contribution in [0, 0.1) is 0 Å². The molecule has 0 aliphatic carbocycles. The van der Waals surface area contributed by atoms with Crippen molar-refractivity contribution < 1.29 is 9.59 Å². The molecule has 4 nitrogen and oxygen atoms in total. The summed E-state index contributed by atoms with van der Waals surface area (Å²) < 4.78 is 0. The summed E-state index contributed by atoms with van der Waals surface area (Å²) in [6, 6.07) is 15.3. The molecule has 0 saturated carbocycles. The first kappa shape index (κ1) is 18.8. The van der Waals surface area contributed by atoms with Crippen molar-refractivity contribution in [3.63, 3.8) is 0 Å². The number of amides is 2. The average molecular weight is 395 g/mol. The fraction of sp³-hybridized carbons (Fsp3) is 0.304. The number of unbranched alkanes of at least 4 members (excludes halogenated alkanes) is 1. The second kappa shape index (κ2) is 7.80. The van der Waals surface area contributed by atoms with Crippen LogP contribution in [0.1, 0.15) is 37.3 Å². The third-order valence-electron chi connectivity index (χ3n) is 5.39. The Morgan fingerprint density at radius 3 is 2.50 bits per heavy atom. The summed E-state index contributed by atoms with van der Waals surface area (Å²) in [5, 5.41) is 0.605. The molecule has 0 fully saturated rings. The highest BCUT2D eigenvalue weighted by Gasteiger charge is 2.42. The van der Waals surface area contributed by atoms with Gasteiger partial charge >= 0.3 is 0 Å². The van der Waals surface area contributed by atoms with Gasteiger partial charge in [-0.05, 0) is 48.6 Å². The molecular formula is C23H23ClN2O2. The zero-order valence-corrected chi connectivity index (χ0v) is 16.7. The monoisotopic (exact) mass is 394 g/mol. The van der Waals surface area contributed by atoms with E-state index in [1.54, 1.807) is 12.1 Å². The maximum atomic E-state index is 13.4. The zero-order valence-electron chi connectivity index (χ0n) is 16.0. The molecule has 144 valence electrons. The van der Waals surface area contributed by atoms with Gasteiger partial charge in [-0.15, -0.1) is 0 Å². The van der Waals surface area contributed by atoms with E-state index in [4.69, 9.17) is 11.6 Å². The van der Waals surface area contributed by atoms with Gasteiger partial charge in [0.1, 0.15) is 5.70 Å². The molecule has 28 heavy (non-hydrogen) atoms. The molecule has 4 rings (SSSR count). The van der Waals surface area contributed by atoms with Crippen LogP contribution in [0.3, 0.4) is 0 Å². The molecule has 0 unspecified atom stereocenters. The van der Waals surface area contributed by atoms with E-state index in [2.05, 4.69) is 13.0 Å². The van der Waals surface area contributed by atoms with Crippen molar-refractivity contribution in [1.82, 2.24) is 4.90 Å². The number of imide groups is 1. The topological polar surface area (TPSA) is 40.6 Å². The van der Waals surface area contributed by atoms with E-state index in [1.807, 2.05) is 35.2 Å². The first-order chi connectivity index (χ1) is 13.6. The largest absolute Gasteiger partial charge is 0.336 e. The Hall–Kier alpha value is -2.59. The number of anilines is 1. The van der Waals surface area contributed by atoms with Crippen molar-refractivity contribution in [2.24, 2.45) is 0 Å². The first-order valence-corrected chi connectivity index (χ1v) is 10.2. The van der Waals surface area contributed by atoms with Crippen LogP contribution in [0.15, 0.2) is 54.2 Å². The molecule has 0 spiro atoms. The van der Waals surface area contributed by atoms with Crippen molar-refractivity contribution in [1.29, 1.82) is 0 Å². The molecule has 2 heterocycles. The summed E-state index contributed by atoms with van der Waals surface area (Å²) in [5.74, 6) is -0.404. The summed E-state index contributed by atoms with van der Waals surface area (Å²) in [5.41, 5.74) is 3.95. The number of hydrogen-bond acceptors (Lipinski definition) is 3. The van der Waals surface area contributed by atoms with Crippen molar-refractivity contribution in [3.8, 4) is 0 Å². The van der Waals surface area contributed by atoms with Crippen molar-refractivity contribution in [2.75, 3.05) is 18.0 Å². The SMILES string of the molecule is CCCCN1C(=O)C(c2ccc(Cl)cc2)=C(N2CCCc3ccccc32)C1=O. The van der Waals surface area contributed by atoms with Gasteiger partial charge in [-0.25, -0.2) is 0 Å². The molecule has 0 radical (unpaired) electrons. The van der Waals surface area contributed by atoms with Gasteiger partial charge in [0.25, 0.3) is 11.8 Å². The van der Waals surface area contributed by atoms with Crippen molar-refractivity contribution in [3.05, 3.63) is 70.4 Å². The van der Waals surface area contributed by atoms with Crippen LogP contribution < -0.4 is 4.90 Å². The fourth-order valence-corrected chi connectivity index (χ4v) is 4.10. The second-order valence-electron chi connectivity index (χ2n) is 7.23. The lowest BCUT2D eigenvalue weighted by molar-refractivity contribution is -0.136. The van der Waals surface area contributed by atoms with Gasteiger partial charge in [0, 0.05) is 23.8 Å². The van der Waals surface area contributed by atoms with Gasteiger partial charge in [0.15, 0.2) is 0 Å². The van der Waals surface area contributed by atoms with E-state index in [0.717, 1.165) is 43.5 Å². The minimum atomic E-state index is -0.209. The van der Waals surface area contributed by atoms with Gasteiger partial charge in [-0.2, -0.15) is 0 Å². The lowest BCUT2D eigenvalue weighted by Gasteiger charge is -2.32. The summed E-state index contributed by atoms with van der Waals surface area (Å²) in [4.78, 5) is 30.1. The maximum Gasteiger partial charge on any atom is 0.278 e. The zero-order chi connectivity index (χ0) is 19.7. The standard InChI is InChI=1S/C23H23ClN2O2/c1-2-3-14-26-22(27)20(17-10-12-18(24)13-11-17)21(23(26)28)25-15-6-8-16-7-4-5-9-19(16)25/h4-5,7,9-13H,2-3,6,8,14-15H2,1H3. The maximum absolute atomic E-state index is 13.4. The average Bonchev–Trinajstić information content (AvgIpc) is 2.96. The lowest BCUT2D eigenvalue weighted by Crippen LogP contribution is -2.37. The predicted molar refractivity (Wildman–Crippen MR) is 112 cm³/mol. The molecule has 5 heteroatoms. The summed E-state index contributed by atoms with van der Waals surface area (Å²) in [6.45, 7) is 3.23. The van der Waals surface area contributed by atoms with Gasteiger partial charge in [-0.1, -0.05) is 55.3 Å². The molecule has 0 N–H and O–H groups in total. The Bertz CT molecular complexity index is 949. The molecule has 0 bridgehead atoms. The number of fused-ring (bicyclic) bond motifs is 1. The second-order valence-corrected chi connectivity index (χ2v) is 7.67. The third-order valence-corrected chi connectivity index (χ3v) is 5.64. The quantitative estimate of drug-likeness (QED) is 0.692. The van der Waals surface area contributed by atoms with E-state index < -0.39 is 0 Å². The molecule has 0 saturated heterocycles. The number of nitrogens with zero attached hydrogens (tertiary/aromatic N) is 2. The van der Waals surface area contributed by atoms with Crippen molar-refractivity contribution >= 4 is 34.7 Å². The lowest BCUT2D eigenvalue weighted by atomic mass is 9.98. The van der Waals surface area contributed by atoms with Crippen LogP contribution in [0.25, 0.3) is 5.57 Å². The van der Waals surface area contributed by atoms with Gasteiger partial charge < -0.3 is 4.90 Å². The Balaban J connectivity index is 1.85. The Morgan fingerprint density at radius 1 is 1.00 bits per heavy atom. The van der Waals surface area contributed by atoms with Crippen LogP contribution in [0.4, 0.5) is 5.69 Å². The Morgan fingerprint density at radius 2 is 1.75 bits per heavy atom. The van der Waals surface area contributed by atoms with E-state index in [1.165, 1.54) is 10.5 Å². The minimum absolute atomic E-state index is 0.194.